The van der Waals surface area contributed by atoms with Crippen molar-refractivity contribution in [3.05, 3.63) is 0 Å². The van der Waals surface area contributed by atoms with Gasteiger partial charge in [0.1, 0.15) is 11.1 Å². The van der Waals surface area contributed by atoms with Gasteiger partial charge >= 0.3 is 0 Å². The molecule has 21 heavy (non-hydrogen) atoms. The normalized spacial score (nSPS) is 24.2. The lowest BCUT2D eigenvalue weighted by Gasteiger charge is -2.52. The molecule has 1 saturated heterocycles. The van der Waals surface area contributed by atoms with E-state index in [1.165, 1.54) is 0 Å². The molecule has 0 atom stereocenters. The Morgan fingerprint density at radius 3 is 2.48 bits per heavy atom. The number of nitrogens with one attached hydrogen (secondary N) is 1. The summed E-state index contributed by atoms with van der Waals surface area (Å²) in [5.41, 5.74) is -1.41. The predicted molar refractivity (Wildman–Crippen MR) is 80.9 cm³/mol. The summed E-state index contributed by atoms with van der Waals surface area (Å²) >= 11 is 0. The van der Waals surface area contributed by atoms with Gasteiger partial charge in [0.2, 0.25) is 11.8 Å². The van der Waals surface area contributed by atoms with Gasteiger partial charge < -0.3 is 15.0 Å². The molecule has 2 rings (SSSR count). The molecule has 0 unspecified atom stereocenters. The molecule has 5 heteroatoms. The van der Waals surface area contributed by atoms with Crippen molar-refractivity contribution in [1.29, 1.82) is 0 Å². The second kappa shape index (κ2) is 6.34. The van der Waals surface area contributed by atoms with Crippen molar-refractivity contribution in [2.75, 3.05) is 19.8 Å². The highest BCUT2D eigenvalue weighted by atomic mass is 16.5. The number of piperazine rings is 1. The summed E-state index contributed by atoms with van der Waals surface area (Å²) in [6, 6.07) is 0. The first-order valence-electron chi connectivity index (χ1n) is 8.16. The van der Waals surface area contributed by atoms with E-state index in [4.69, 9.17) is 4.74 Å². The lowest BCUT2D eigenvalue weighted by atomic mass is 9.76. The minimum Gasteiger partial charge on any atom is -0.382 e. The van der Waals surface area contributed by atoms with Crippen LogP contribution in [0.5, 0.6) is 0 Å². The number of hydrogen-bond donors (Lipinski definition) is 1. The monoisotopic (exact) mass is 296 g/mol. The zero-order chi connectivity index (χ0) is 15.5. The standard InChI is InChI=1S/C16H28N2O3/c1-4-21-12-8-11-18-14(20)15(2,3)17-13(19)16(18)9-6-5-7-10-16/h4-12H2,1-3H3,(H,17,19). The second-order valence-electron chi connectivity index (χ2n) is 6.68. The third-order valence-corrected chi connectivity index (χ3v) is 4.70. The Kier molecular flexibility index (Phi) is 4.91. The molecular formula is C16H28N2O3. The molecule has 1 N–H and O–H groups in total. The molecule has 2 amide bonds. The number of carbonyl (C=O) groups is 2. The summed E-state index contributed by atoms with van der Waals surface area (Å²) in [5.74, 6) is 0.0729. The number of amides is 2. The van der Waals surface area contributed by atoms with Gasteiger partial charge in [0, 0.05) is 19.8 Å². The lowest BCUT2D eigenvalue weighted by Crippen LogP contribution is -2.74. The van der Waals surface area contributed by atoms with Crippen molar-refractivity contribution in [2.24, 2.45) is 0 Å². The third kappa shape index (κ3) is 3.07. The Morgan fingerprint density at radius 1 is 1.19 bits per heavy atom. The van der Waals surface area contributed by atoms with Crippen molar-refractivity contribution in [2.45, 2.75) is 70.4 Å². The lowest BCUT2D eigenvalue weighted by molar-refractivity contribution is -0.164. The van der Waals surface area contributed by atoms with Crippen LogP contribution in [-0.4, -0.2) is 47.6 Å². The van der Waals surface area contributed by atoms with Crippen LogP contribution in [0.2, 0.25) is 0 Å². The van der Waals surface area contributed by atoms with E-state index < -0.39 is 11.1 Å². The zero-order valence-electron chi connectivity index (χ0n) is 13.5. The third-order valence-electron chi connectivity index (χ3n) is 4.70. The van der Waals surface area contributed by atoms with Crippen molar-refractivity contribution in [1.82, 2.24) is 10.2 Å². The molecule has 1 spiro atoms. The van der Waals surface area contributed by atoms with Crippen molar-refractivity contribution in [3.63, 3.8) is 0 Å². The Hall–Kier alpha value is -1.10. The van der Waals surface area contributed by atoms with Gasteiger partial charge in [0.25, 0.3) is 0 Å². The van der Waals surface area contributed by atoms with Crippen LogP contribution < -0.4 is 5.32 Å². The van der Waals surface area contributed by atoms with Gasteiger partial charge in [-0.2, -0.15) is 0 Å². The Labute approximate surface area is 127 Å². The van der Waals surface area contributed by atoms with Gasteiger partial charge in [-0.05, 0) is 40.0 Å². The SMILES string of the molecule is CCOCCCN1C(=O)C(C)(C)NC(=O)C12CCCCC2. The van der Waals surface area contributed by atoms with Crippen molar-refractivity contribution >= 4 is 11.8 Å². The maximum absolute atomic E-state index is 12.8. The van der Waals surface area contributed by atoms with E-state index in [0.717, 1.165) is 38.5 Å². The predicted octanol–water partition coefficient (Wildman–Crippen LogP) is 1.85. The molecule has 0 aromatic heterocycles. The number of rotatable bonds is 5. The molecule has 2 fully saturated rings. The van der Waals surface area contributed by atoms with Crippen LogP contribution >= 0.6 is 0 Å². The van der Waals surface area contributed by atoms with Crippen molar-refractivity contribution in [3.8, 4) is 0 Å². The smallest absolute Gasteiger partial charge is 0.248 e. The maximum atomic E-state index is 12.8. The van der Waals surface area contributed by atoms with Crippen LogP contribution in [0.3, 0.4) is 0 Å². The first-order valence-corrected chi connectivity index (χ1v) is 8.16. The number of nitrogens with zero attached hydrogens (tertiary/aromatic N) is 1. The summed E-state index contributed by atoms with van der Waals surface area (Å²) in [6.07, 6.45) is 5.54. The number of hydrogen-bond acceptors (Lipinski definition) is 3. The average molecular weight is 296 g/mol. The molecule has 2 aliphatic rings. The fourth-order valence-corrected chi connectivity index (χ4v) is 3.53. The fourth-order valence-electron chi connectivity index (χ4n) is 3.53. The number of carbonyl (C=O) groups excluding carboxylic acids is 2. The van der Waals surface area contributed by atoms with E-state index in [9.17, 15) is 9.59 Å². The van der Waals surface area contributed by atoms with Gasteiger partial charge in [-0.15, -0.1) is 0 Å². The molecular weight excluding hydrogens is 268 g/mol. The van der Waals surface area contributed by atoms with E-state index in [1.54, 1.807) is 13.8 Å². The molecule has 1 aliphatic carbocycles. The van der Waals surface area contributed by atoms with Crippen LogP contribution in [0, 0.1) is 0 Å². The van der Waals surface area contributed by atoms with Crippen LogP contribution in [0.1, 0.15) is 59.3 Å². The molecule has 0 radical (unpaired) electrons. The topological polar surface area (TPSA) is 58.6 Å². The summed E-state index contributed by atoms with van der Waals surface area (Å²) in [7, 11) is 0. The average Bonchev–Trinajstić information content (AvgIpc) is 2.46. The highest BCUT2D eigenvalue weighted by molar-refractivity contribution is 6.01. The van der Waals surface area contributed by atoms with E-state index in [2.05, 4.69) is 5.32 Å². The molecule has 5 nitrogen and oxygen atoms in total. The minimum absolute atomic E-state index is 0.0307. The Bertz CT molecular complexity index is 400. The molecule has 120 valence electrons. The van der Waals surface area contributed by atoms with E-state index in [-0.39, 0.29) is 11.8 Å². The summed E-state index contributed by atoms with van der Waals surface area (Å²) in [6.45, 7) is 7.47. The molecule has 0 aromatic carbocycles. The second-order valence-corrected chi connectivity index (χ2v) is 6.68. The minimum atomic E-state index is -0.800. The zero-order valence-corrected chi connectivity index (χ0v) is 13.5. The first-order chi connectivity index (χ1) is 9.94. The summed E-state index contributed by atoms with van der Waals surface area (Å²) in [5, 5.41) is 2.94. The Morgan fingerprint density at radius 2 is 1.86 bits per heavy atom. The fraction of sp³-hybridized carbons (Fsp3) is 0.875. The largest absolute Gasteiger partial charge is 0.382 e. The van der Waals surface area contributed by atoms with Crippen LogP contribution in [0.15, 0.2) is 0 Å². The summed E-state index contributed by atoms with van der Waals surface area (Å²) in [4.78, 5) is 27.3. The van der Waals surface area contributed by atoms with Gasteiger partial charge in [-0.25, -0.2) is 0 Å². The summed E-state index contributed by atoms with van der Waals surface area (Å²) < 4.78 is 5.38. The highest BCUT2D eigenvalue weighted by Gasteiger charge is 2.54. The van der Waals surface area contributed by atoms with Crippen LogP contribution in [0.4, 0.5) is 0 Å². The van der Waals surface area contributed by atoms with E-state index in [0.29, 0.717) is 19.8 Å². The molecule has 1 heterocycles. The van der Waals surface area contributed by atoms with Gasteiger partial charge in [-0.1, -0.05) is 19.3 Å². The molecule has 1 saturated carbocycles. The van der Waals surface area contributed by atoms with Gasteiger partial charge in [-0.3, -0.25) is 9.59 Å². The molecule has 0 bridgehead atoms. The van der Waals surface area contributed by atoms with E-state index >= 15 is 0 Å². The van der Waals surface area contributed by atoms with Crippen LogP contribution in [0.25, 0.3) is 0 Å². The maximum Gasteiger partial charge on any atom is 0.248 e. The molecule has 1 aliphatic heterocycles. The quantitative estimate of drug-likeness (QED) is 0.788. The highest BCUT2D eigenvalue weighted by Crippen LogP contribution is 2.38. The molecule has 0 aromatic rings. The van der Waals surface area contributed by atoms with Crippen LogP contribution in [-0.2, 0) is 14.3 Å². The van der Waals surface area contributed by atoms with E-state index in [1.807, 2.05) is 11.8 Å². The number of ether oxygens (including phenoxy) is 1. The van der Waals surface area contributed by atoms with Gasteiger partial charge in [0.15, 0.2) is 0 Å². The Balaban J connectivity index is 2.18. The first kappa shape index (κ1) is 16.3. The van der Waals surface area contributed by atoms with Crippen molar-refractivity contribution < 1.29 is 14.3 Å². The van der Waals surface area contributed by atoms with Gasteiger partial charge in [0.05, 0.1) is 0 Å².